The lowest BCUT2D eigenvalue weighted by Gasteiger charge is -2.34. The van der Waals surface area contributed by atoms with Crippen molar-refractivity contribution in [3.8, 4) is 0 Å². The summed E-state index contributed by atoms with van der Waals surface area (Å²) in [6.45, 7) is 3.46. The van der Waals surface area contributed by atoms with Crippen LogP contribution in [0.25, 0.3) is 6.08 Å². The van der Waals surface area contributed by atoms with Gasteiger partial charge in [0.1, 0.15) is 0 Å². The molecule has 0 spiro atoms. The summed E-state index contributed by atoms with van der Waals surface area (Å²) in [6.07, 6.45) is 8.40. The molecule has 6 heteroatoms. The van der Waals surface area contributed by atoms with E-state index in [1.54, 1.807) is 25.4 Å². The first-order valence-corrected chi connectivity index (χ1v) is 7.91. The van der Waals surface area contributed by atoms with Crippen LogP contribution in [0, 0.1) is 5.92 Å². The van der Waals surface area contributed by atoms with Crippen LogP contribution in [0.1, 0.15) is 35.7 Å². The van der Waals surface area contributed by atoms with E-state index in [1.807, 2.05) is 11.8 Å². The van der Waals surface area contributed by atoms with Crippen molar-refractivity contribution in [2.45, 2.75) is 25.8 Å². The molecule has 2 atom stereocenters. The van der Waals surface area contributed by atoms with Crippen LogP contribution in [-0.4, -0.2) is 47.9 Å². The molecule has 0 radical (unpaired) electrons. The lowest BCUT2D eigenvalue weighted by atomic mass is 9.92. The Morgan fingerprint density at radius 1 is 1.48 bits per heavy atom. The van der Waals surface area contributed by atoms with Gasteiger partial charge in [-0.1, -0.05) is 0 Å². The molecule has 0 aromatic carbocycles. The number of likely N-dealkylation sites (tertiary alicyclic amines) is 1. The van der Waals surface area contributed by atoms with Crippen molar-refractivity contribution in [3.05, 3.63) is 35.7 Å². The van der Waals surface area contributed by atoms with Crippen molar-refractivity contribution in [1.82, 2.24) is 15.2 Å². The molecule has 0 aliphatic carbocycles. The van der Waals surface area contributed by atoms with Crippen molar-refractivity contribution in [3.63, 3.8) is 0 Å². The maximum Gasteiger partial charge on any atom is 0.252 e. The van der Waals surface area contributed by atoms with Gasteiger partial charge in [-0.2, -0.15) is 0 Å². The largest absolute Gasteiger partial charge is 0.355 e. The van der Waals surface area contributed by atoms with E-state index in [1.165, 1.54) is 12.3 Å². The summed E-state index contributed by atoms with van der Waals surface area (Å²) in [5.41, 5.74) is 7.14. The van der Waals surface area contributed by atoms with Gasteiger partial charge in [-0.05, 0) is 43.4 Å². The van der Waals surface area contributed by atoms with Crippen molar-refractivity contribution >= 4 is 17.9 Å². The Kier molecular flexibility index (Phi) is 5.87. The Bertz CT molecular complexity index is 598. The lowest BCUT2D eigenvalue weighted by Crippen LogP contribution is -2.44. The first kappa shape index (κ1) is 17.1. The highest BCUT2D eigenvalue weighted by atomic mass is 16.2. The number of pyridine rings is 1. The van der Waals surface area contributed by atoms with E-state index >= 15 is 0 Å². The molecule has 2 rings (SSSR count). The highest BCUT2D eigenvalue weighted by Gasteiger charge is 2.24. The van der Waals surface area contributed by atoms with Crippen LogP contribution in [0.4, 0.5) is 0 Å². The second-order valence-electron chi connectivity index (χ2n) is 5.97. The van der Waals surface area contributed by atoms with Gasteiger partial charge in [0.2, 0.25) is 5.91 Å². The van der Waals surface area contributed by atoms with Gasteiger partial charge in [0.25, 0.3) is 5.91 Å². The number of hydrogen-bond acceptors (Lipinski definition) is 4. The highest BCUT2D eigenvalue weighted by molar-refractivity contribution is 5.95. The summed E-state index contributed by atoms with van der Waals surface area (Å²) in [5.74, 6) is 0.134. The minimum atomic E-state index is -0.199. The maximum atomic E-state index is 12.3. The van der Waals surface area contributed by atoms with Crippen molar-refractivity contribution in [2.24, 2.45) is 11.7 Å². The predicted octanol–water partition coefficient (Wildman–Crippen LogP) is 1.04. The van der Waals surface area contributed by atoms with Crippen LogP contribution >= 0.6 is 0 Å². The van der Waals surface area contributed by atoms with Gasteiger partial charge in [0.05, 0.1) is 5.56 Å². The summed E-state index contributed by atoms with van der Waals surface area (Å²) in [6, 6.07) is 1.80. The number of amides is 2. The number of nitrogens with two attached hydrogens (primary N) is 1. The minimum absolute atomic E-state index is 0.0271. The molecule has 6 nitrogen and oxygen atoms in total. The lowest BCUT2D eigenvalue weighted by molar-refractivity contribution is -0.127. The molecule has 2 unspecified atom stereocenters. The molecule has 1 aliphatic heterocycles. The number of rotatable bonds is 4. The maximum absolute atomic E-state index is 12.3. The first-order valence-electron chi connectivity index (χ1n) is 7.91. The first-order chi connectivity index (χ1) is 11.0. The van der Waals surface area contributed by atoms with Crippen molar-refractivity contribution < 1.29 is 9.59 Å². The van der Waals surface area contributed by atoms with E-state index in [4.69, 9.17) is 5.73 Å². The topological polar surface area (TPSA) is 88.3 Å². The molecule has 2 heterocycles. The van der Waals surface area contributed by atoms with E-state index in [9.17, 15) is 9.59 Å². The Labute approximate surface area is 136 Å². The third kappa shape index (κ3) is 4.63. The van der Waals surface area contributed by atoms with Crippen LogP contribution in [0.2, 0.25) is 0 Å². The zero-order chi connectivity index (χ0) is 16.8. The number of piperidine rings is 1. The number of carbonyl (C=O) groups is 2. The summed E-state index contributed by atoms with van der Waals surface area (Å²) in [5, 5.41) is 2.55. The van der Waals surface area contributed by atoms with Gasteiger partial charge in [0, 0.05) is 44.6 Å². The molecule has 2 amide bonds. The number of nitrogens with one attached hydrogen (secondary N) is 1. The van der Waals surface area contributed by atoms with E-state index in [-0.39, 0.29) is 17.9 Å². The summed E-state index contributed by atoms with van der Waals surface area (Å²) < 4.78 is 0. The molecule has 1 aromatic rings. The molecule has 124 valence electrons. The number of carbonyl (C=O) groups excluding carboxylic acids is 2. The van der Waals surface area contributed by atoms with Crippen molar-refractivity contribution in [1.29, 1.82) is 0 Å². The SMILES string of the molecule is CNC(=O)c1cncc(/C=C/C(=O)N2CCCC(C(C)N)C2)c1. The van der Waals surface area contributed by atoms with Gasteiger partial charge >= 0.3 is 0 Å². The molecule has 0 bridgehead atoms. The highest BCUT2D eigenvalue weighted by Crippen LogP contribution is 2.19. The second kappa shape index (κ2) is 7.87. The molecule has 1 aliphatic rings. The standard InChI is InChI=1S/C17H24N4O2/c1-12(18)14-4-3-7-21(11-14)16(22)6-5-13-8-15(10-20-9-13)17(23)19-2/h5-6,8-10,12,14H,3-4,7,11,18H2,1-2H3,(H,19,23)/b6-5+. The molecule has 3 N–H and O–H groups in total. The summed E-state index contributed by atoms with van der Waals surface area (Å²) in [4.78, 5) is 29.8. The number of nitrogens with zero attached hydrogens (tertiary/aromatic N) is 2. The van der Waals surface area contributed by atoms with Gasteiger partial charge < -0.3 is 16.0 Å². The van der Waals surface area contributed by atoms with E-state index in [0.717, 1.165) is 24.9 Å². The third-order valence-corrected chi connectivity index (χ3v) is 4.18. The predicted molar refractivity (Wildman–Crippen MR) is 89.6 cm³/mol. The molecule has 1 saturated heterocycles. The fourth-order valence-electron chi connectivity index (χ4n) is 2.73. The zero-order valence-electron chi connectivity index (χ0n) is 13.7. The smallest absolute Gasteiger partial charge is 0.252 e. The zero-order valence-corrected chi connectivity index (χ0v) is 13.7. The molecule has 0 saturated carbocycles. The molecule has 23 heavy (non-hydrogen) atoms. The molecule has 1 aromatic heterocycles. The molecule has 1 fully saturated rings. The normalized spacial score (nSPS) is 19.6. The Morgan fingerprint density at radius 2 is 2.26 bits per heavy atom. The van der Waals surface area contributed by atoms with Gasteiger partial charge in [-0.25, -0.2) is 0 Å². The molecular weight excluding hydrogens is 292 g/mol. The van der Waals surface area contributed by atoms with E-state index < -0.39 is 0 Å². The van der Waals surface area contributed by atoms with Gasteiger partial charge in [0.15, 0.2) is 0 Å². The quantitative estimate of drug-likeness (QED) is 0.812. The second-order valence-corrected chi connectivity index (χ2v) is 5.97. The summed E-state index contributed by atoms with van der Waals surface area (Å²) in [7, 11) is 1.57. The van der Waals surface area contributed by atoms with Crippen LogP contribution in [-0.2, 0) is 4.79 Å². The summed E-state index contributed by atoms with van der Waals surface area (Å²) >= 11 is 0. The number of hydrogen-bond donors (Lipinski definition) is 2. The van der Waals surface area contributed by atoms with Crippen LogP contribution < -0.4 is 11.1 Å². The average molecular weight is 316 g/mol. The average Bonchev–Trinajstić information content (AvgIpc) is 2.59. The third-order valence-electron chi connectivity index (χ3n) is 4.18. The molecular formula is C17H24N4O2. The monoisotopic (exact) mass is 316 g/mol. The van der Waals surface area contributed by atoms with E-state index in [0.29, 0.717) is 18.0 Å². The Balaban J connectivity index is 2.02. The van der Waals surface area contributed by atoms with E-state index in [2.05, 4.69) is 10.3 Å². The fraction of sp³-hybridized carbons (Fsp3) is 0.471. The van der Waals surface area contributed by atoms with Gasteiger partial charge in [-0.3, -0.25) is 14.6 Å². The fourth-order valence-corrected chi connectivity index (χ4v) is 2.73. The van der Waals surface area contributed by atoms with Crippen LogP contribution in [0.3, 0.4) is 0 Å². The van der Waals surface area contributed by atoms with Crippen LogP contribution in [0.15, 0.2) is 24.5 Å². The van der Waals surface area contributed by atoms with Gasteiger partial charge in [-0.15, -0.1) is 0 Å². The Morgan fingerprint density at radius 3 is 2.96 bits per heavy atom. The number of aromatic nitrogens is 1. The Hall–Kier alpha value is -2.21. The minimum Gasteiger partial charge on any atom is -0.355 e. The van der Waals surface area contributed by atoms with Crippen molar-refractivity contribution in [2.75, 3.05) is 20.1 Å². The van der Waals surface area contributed by atoms with Crippen LogP contribution in [0.5, 0.6) is 0 Å².